The average Bonchev–Trinajstić information content (AvgIpc) is 2.70. The summed E-state index contributed by atoms with van der Waals surface area (Å²) in [6, 6.07) is 0. The van der Waals surface area contributed by atoms with E-state index in [-0.39, 0.29) is 0 Å². The molecule has 2 rings (SSSR count). The highest BCUT2D eigenvalue weighted by Crippen LogP contribution is 2.33. The number of rotatable bonds is 5. The fourth-order valence-corrected chi connectivity index (χ4v) is 4.73. The van der Waals surface area contributed by atoms with Gasteiger partial charge in [0.1, 0.15) is 5.84 Å². The molecule has 28 heavy (non-hydrogen) atoms. The van der Waals surface area contributed by atoms with Gasteiger partial charge in [0, 0.05) is 43.0 Å². The summed E-state index contributed by atoms with van der Waals surface area (Å²) in [5.74, 6) is 8.76. The van der Waals surface area contributed by atoms with Crippen LogP contribution >= 0.6 is 20.5 Å². The molecule has 0 aromatic carbocycles. The van der Waals surface area contributed by atoms with Gasteiger partial charge in [0.05, 0.1) is 5.57 Å². The van der Waals surface area contributed by atoms with Gasteiger partial charge in [0.15, 0.2) is 0 Å². The molecule has 5 heteroatoms. The van der Waals surface area contributed by atoms with E-state index >= 15 is 0 Å². The Kier molecular flexibility index (Phi) is 9.42. The molecule has 0 aromatic heterocycles. The fraction of sp³-hybridized carbons (Fsp3) is 0.522. The van der Waals surface area contributed by atoms with Crippen molar-refractivity contribution in [3.8, 4) is 11.8 Å². The predicted octanol–water partition coefficient (Wildman–Crippen LogP) is 5.71. The molecule has 2 heterocycles. The second kappa shape index (κ2) is 11.5. The topological polar surface area (TPSA) is 27.6 Å². The Labute approximate surface area is 177 Å². The van der Waals surface area contributed by atoms with E-state index in [4.69, 9.17) is 0 Å². The Morgan fingerprint density at radius 1 is 1.46 bits per heavy atom. The van der Waals surface area contributed by atoms with Crippen molar-refractivity contribution < 1.29 is 0 Å². The third-order valence-corrected chi connectivity index (χ3v) is 7.09. The van der Waals surface area contributed by atoms with E-state index < -0.39 is 0 Å². The molecule has 1 saturated heterocycles. The summed E-state index contributed by atoms with van der Waals surface area (Å²) in [4.78, 5) is 7.06. The van der Waals surface area contributed by atoms with Gasteiger partial charge in [0.25, 0.3) is 0 Å². The van der Waals surface area contributed by atoms with Crippen LogP contribution in [-0.4, -0.2) is 36.2 Å². The lowest BCUT2D eigenvalue weighted by molar-refractivity contribution is 0.281. The lowest BCUT2D eigenvalue weighted by Crippen LogP contribution is -2.39. The van der Waals surface area contributed by atoms with E-state index in [9.17, 15) is 0 Å². The summed E-state index contributed by atoms with van der Waals surface area (Å²) in [5.41, 5.74) is 4.78. The summed E-state index contributed by atoms with van der Waals surface area (Å²) in [5, 5.41) is 1.43. The van der Waals surface area contributed by atoms with Gasteiger partial charge in [0.2, 0.25) is 0 Å². The van der Waals surface area contributed by atoms with Gasteiger partial charge in [-0.1, -0.05) is 58.4 Å². The summed E-state index contributed by atoms with van der Waals surface area (Å²) < 4.78 is 3.39. The minimum Gasteiger partial charge on any atom is -0.356 e. The molecule has 2 aliphatic rings. The molecule has 0 saturated carbocycles. The minimum absolute atomic E-state index is 0.790. The number of nitrogens with one attached hydrogen (secondary N) is 1. The maximum absolute atomic E-state index is 4.67. The van der Waals surface area contributed by atoms with Crippen LogP contribution in [0.5, 0.6) is 0 Å². The summed E-state index contributed by atoms with van der Waals surface area (Å²) in [7, 11) is 0.801. The van der Waals surface area contributed by atoms with Gasteiger partial charge >= 0.3 is 0 Å². The number of likely N-dealkylation sites (tertiary alicyclic amines) is 1. The normalized spacial score (nSPS) is 20.4. The largest absolute Gasteiger partial charge is 0.356 e. The zero-order valence-corrected chi connectivity index (χ0v) is 19.8. The molecule has 0 radical (unpaired) electrons. The Hall–Kier alpha value is -1.43. The maximum atomic E-state index is 4.67. The number of allylic oxidation sites excluding steroid dienone is 4. The number of amidine groups is 1. The van der Waals surface area contributed by atoms with Crippen molar-refractivity contribution >= 4 is 26.4 Å². The third kappa shape index (κ3) is 6.29. The van der Waals surface area contributed by atoms with Crippen LogP contribution in [0.25, 0.3) is 0 Å². The Bertz CT molecular complexity index is 756. The van der Waals surface area contributed by atoms with E-state index in [1.54, 1.807) is 18.1 Å². The number of piperidine rings is 1. The van der Waals surface area contributed by atoms with Crippen LogP contribution in [0.2, 0.25) is 0 Å². The molecule has 2 aliphatic heterocycles. The molecule has 0 spiro atoms. The molecule has 1 unspecified atom stereocenters. The van der Waals surface area contributed by atoms with Gasteiger partial charge < -0.3 is 9.62 Å². The van der Waals surface area contributed by atoms with E-state index in [0.717, 1.165) is 51.6 Å². The van der Waals surface area contributed by atoms with E-state index in [1.165, 1.54) is 35.0 Å². The van der Waals surface area contributed by atoms with Crippen molar-refractivity contribution in [1.82, 2.24) is 9.62 Å². The van der Waals surface area contributed by atoms with Crippen LogP contribution in [0.3, 0.4) is 0 Å². The highest BCUT2D eigenvalue weighted by Gasteiger charge is 2.21. The molecule has 0 amide bonds. The third-order valence-electron chi connectivity index (χ3n) is 5.30. The standard InChI is InChI=1S/C23H34N3PS/c1-7-18(4)21(23(24-8-2)26-13-11-17(3)12-14-26)10-9-20-15-22(25-28-6)19(5)27-16-20/h8,15,17,25,27H,2,7,11-14,16H2,1,3-6H3/b21-18+,24-23?. The van der Waals surface area contributed by atoms with Crippen LogP contribution < -0.4 is 4.72 Å². The summed E-state index contributed by atoms with van der Waals surface area (Å²) >= 11 is 1.63. The Balaban J connectivity index is 2.35. The molecule has 152 valence electrons. The first-order valence-electron chi connectivity index (χ1n) is 10.1. The molecular weight excluding hydrogens is 381 g/mol. The van der Waals surface area contributed by atoms with Crippen LogP contribution in [0.4, 0.5) is 0 Å². The first-order valence-corrected chi connectivity index (χ1v) is 12.5. The monoisotopic (exact) mass is 415 g/mol. The van der Waals surface area contributed by atoms with Crippen molar-refractivity contribution in [2.24, 2.45) is 10.9 Å². The van der Waals surface area contributed by atoms with Crippen LogP contribution in [-0.2, 0) is 0 Å². The van der Waals surface area contributed by atoms with Crippen molar-refractivity contribution in [3.63, 3.8) is 0 Å². The second-order valence-corrected chi connectivity index (χ2v) is 9.50. The smallest absolute Gasteiger partial charge is 0.144 e. The van der Waals surface area contributed by atoms with Gasteiger partial charge in [-0.3, -0.25) is 0 Å². The zero-order chi connectivity index (χ0) is 20.5. The summed E-state index contributed by atoms with van der Waals surface area (Å²) in [6.07, 6.45) is 10.4. The van der Waals surface area contributed by atoms with Gasteiger partial charge in [-0.15, -0.1) is 0 Å². The lowest BCUT2D eigenvalue weighted by Gasteiger charge is -2.33. The molecule has 0 bridgehead atoms. The SMILES string of the molecule is C=CN=C(/C(C#CC1=CC(NSC)=C(C)PC1)=C(\C)CC)N1CCC(C)CC1. The fourth-order valence-electron chi connectivity index (χ4n) is 3.24. The van der Waals surface area contributed by atoms with E-state index in [1.807, 2.05) is 0 Å². The molecular formula is C23H34N3PS. The zero-order valence-electron chi connectivity index (χ0n) is 18.0. The molecule has 0 aliphatic carbocycles. The number of nitrogens with zero attached hydrogens (tertiary/aromatic N) is 2. The number of hydrogen-bond acceptors (Lipinski definition) is 3. The Morgan fingerprint density at radius 2 is 2.18 bits per heavy atom. The van der Waals surface area contributed by atoms with Crippen molar-refractivity contribution in [1.29, 1.82) is 0 Å². The highest BCUT2D eigenvalue weighted by atomic mass is 32.2. The van der Waals surface area contributed by atoms with Gasteiger partial charge in [-0.2, -0.15) is 0 Å². The van der Waals surface area contributed by atoms with Gasteiger partial charge in [-0.25, -0.2) is 4.99 Å². The molecule has 1 atom stereocenters. The lowest BCUT2D eigenvalue weighted by atomic mass is 9.97. The molecule has 0 aromatic rings. The highest BCUT2D eigenvalue weighted by molar-refractivity contribution is 7.96. The second-order valence-electron chi connectivity index (χ2n) is 7.43. The average molecular weight is 416 g/mol. The maximum Gasteiger partial charge on any atom is 0.144 e. The first kappa shape index (κ1) is 22.9. The minimum atomic E-state index is 0.790. The molecule has 1 fully saturated rings. The number of aliphatic imine (C=N–C) groups is 1. The van der Waals surface area contributed by atoms with Crippen LogP contribution in [0.1, 0.15) is 47.0 Å². The van der Waals surface area contributed by atoms with Gasteiger partial charge in [-0.05, 0) is 50.4 Å². The molecule has 3 nitrogen and oxygen atoms in total. The van der Waals surface area contributed by atoms with Crippen molar-refractivity contribution in [3.05, 3.63) is 46.6 Å². The predicted molar refractivity (Wildman–Crippen MR) is 129 cm³/mol. The van der Waals surface area contributed by atoms with Crippen LogP contribution in [0.15, 0.2) is 51.6 Å². The van der Waals surface area contributed by atoms with Crippen molar-refractivity contribution in [2.75, 3.05) is 25.5 Å². The quantitative estimate of drug-likeness (QED) is 0.205. The molecule has 1 N–H and O–H groups in total. The van der Waals surface area contributed by atoms with Crippen LogP contribution in [0, 0.1) is 17.8 Å². The Morgan fingerprint density at radius 3 is 2.79 bits per heavy atom. The first-order chi connectivity index (χ1) is 13.5. The van der Waals surface area contributed by atoms with E-state index in [0.29, 0.717) is 0 Å². The number of hydrogen-bond donors (Lipinski definition) is 1. The summed E-state index contributed by atoms with van der Waals surface area (Å²) in [6.45, 7) is 14.9. The van der Waals surface area contributed by atoms with E-state index in [2.05, 4.69) is 73.1 Å². The van der Waals surface area contributed by atoms with Crippen molar-refractivity contribution in [2.45, 2.75) is 47.0 Å².